The lowest BCUT2D eigenvalue weighted by Gasteiger charge is -2.44. The van der Waals surface area contributed by atoms with Gasteiger partial charge >= 0.3 is 5.97 Å². The van der Waals surface area contributed by atoms with Gasteiger partial charge in [0, 0.05) is 18.2 Å². The van der Waals surface area contributed by atoms with Gasteiger partial charge in [-0.25, -0.2) is 4.79 Å². The van der Waals surface area contributed by atoms with Gasteiger partial charge in [-0.1, -0.05) is 20.3 Å². The number of rotatable bonds is 0. The quantitative estimate of drug-likeness (QED) is 0.616. The SMILES string of the molecule is CC.CC1=C2CN3CCCCC3[C@]23OC(=O)C=C13. The largest absolute Gasteiger partial charge is 0.445 e. The molecule has 3 nitrogen and oxygen atoms in total. The molecule has 4 aliphatic rings. The number of esters is 1. The average molecular weight is 247 g/mol. The van der Waals surface area contributed by atoms with Crippen molar-refractivity contribution in [2.45, 2.75) is 51.7 Å². The topological polar surface area (TPSA) is 29.5 Å². The average Bonchev–Trinajstić information content (AvgIpc) is 2.88. The van der Waals surface area contributed by atoms with E-state index in [2.05, 4.69) is 11.8 Å². The summed E-state index contributed by atoms with van der Waals surface area (Å²) in [5.41, 5.74) is 3.54. The fourth-order valence-electron chi connectivity index (χ4n) is 3.99. The molecule has 2 fully saturated rings. The van der Waals surface area contributed by atoms with Crippen LogP contribution in [0.3, 0.4) is 0 Å². The Morgan fingerprint density at radius 1 is 1.39 bits per heavy atom. The summed E-state index contributed by atoms with van der Waals surface area (Å²) < 4.78 is 5.68. The fraction of sp³-hybridized carbons (Fsp3) is 0.667. The molecule has 3 heterocycles. The Morgan fingerprint density at radius 3 is 2.94 bits per heavy atom. The Balaban J connectivity index is 0.000000478. The van der Waals surface area contributed by atoms with Gasteiger partial charge in [0.15, 0.2) is 5.60 Å². The Labute approximate surface area is 108 Å². The van der Waals surface area contributed by atoms with E-state index in [4.69, 9.17) is 4.74 Å². The van der Waals surface area contributed by atoms with Gasteiger partial charge in [-0.2, -0.15) is 0 Å². The van der Waals surface area contributed by atoms with Gasteiger partial charge in [-0.3, -0.25) is 4.90 Å². The minimum absolute atomic E-state index is 0.142. The van der Waals surface area contributed by atoms with Crippen LogP contribution in [0.25, 0.3) is 0 Å². The summed E-state index contributed by atoms with van der Waals surface area (Å²) in [6.07, 6.45) is 5.42. The molecule has 3 aliphatic heterocycles. The van der Waals surface area contributed by atoms with Gasteiger partial charge in [0.1, 0.15) is 0 Å². The zero-order valence-electron chi connectivity index (χ0n) is 11.5. The van der Waals surface area contributed by atoms with Crippen LogP contribution in [-0.2, 0) is 9.53 Å². The molecule has 18 heavy (non-hydrogen) atoms. The van der Waals surface area contributed by atoms with Crippen LogP contribution >= 0.6 is 0 Å². The molecular weight excluding hydrogens is 226 g/mol. The molecule has 2 saturated heterocycles. The Kier molecular flexibility index (Phi) is 2.63. The van der Waals surface area contributed by atoms with E-state index >= 15 is 0 Å². The summed E-state index contributed by atoms with van der Waals surface area (Å²) in [6, 6.07) is 0.428. The molecule has 0 radical (unpaired) electrons. The summed E-state index contributed by atoms with van der Waals surface area (Å²) in [7, 11) is 0. The number of nitrogens with zero attached hydrogens (tertiary/aromatic N) is 1. The molecule has 3 heteroatoms. The lowest BCUT2D eigenvalue weighted by atomic mass is 9.67. The van der Waals surface area contributed by atoms with Crippen molar-refractivity contribution in [3.63, 3.8) is 0 Å². The van der Waals surface area contributed by atoms with Crippen LogP contribution in [0.1, 0.15) is 40.0 Å². The van der Waals surface area contributed by atoms with Crippen LogP contribution in [0.15, 0.2) is 22.8 Å². The zero-order chi connectivity index (χ0) is 12.9. The second-order valence-electron chi connectivity index (χ2n) is 5.30. The first-order valence-corrected chi connectivity index (χ1v) is 7.13. The van der Waals surface area contributed by atoms with Gasteiger partial charge in [-0.05, 0) is 37.5 Å². The van der Waals surface area contributed by atoms with Crippen molar-refractivity contribution in [3.05, 3.63) is 22.8 Å². The maximum absolute atomic E-state index is 11.5. The number of ether oxygens (including phenoxy) is 1. The van der Waals surface area contributed by atoms with Crippen LogP contribution in [0, 0.1) is 0 Å². The van der Waals surface area contributed by atoms with Crippen molar-refractivity contribution >= 4 is 5.97 Å². The predicted octanol–water partition coefficient (Wildman–Crippen LogP) is 2.43. The standard InChI is InChI=1S/C13H15NO2.C2H6/c1-8-9-6-12(15)16-13(9)10(8)7-14-5-3-2-4-11(13)14;1-2/h6,11H,2-5,7H2,1H3;1-2H3/t11?,13-;/m1./s1. The molecule has 0 N–H and O–H groups in total. The van der Waals surface area contributed by atoms with Gasteiger partial charge < -0.3 is 4.74 Å². The molecule has 0 amide bonds. The van der Waals surface area contributed by atoms with Gasteiger partial charge in [0.25, 0.3) is 0 Å². The molecular formula is C15H21NO2. The molecule has 1 spiro atoms. The first kappa shape index (κ1) is 12.0. The zero-order valence-corrected chi connectivity index (χ0v) is 11.5. The van der Waals surface area contributed by atoms with E-state index in [1.54, 1.807) is 6.08 Å². The van der Waals surface area contributed by atoms with Crippen LogP contribution < -0.4 is 0 Å². The minimum Gasteiger partial charge on any atom is -0.445 e. The van der Waals surface area contributed by atoms with Crippen molar-refractivity contribution in [2.24, 2.45) is 0 Å². The Morgan fingerprint density at radius 2 is 2.17 bits per heavy atom. The van der Waals surface area contributed by atoms with Crippen LogP contribution in [0.2, 0.25) is 0 Å². The van der Waals surface area contributed by atoms with Crippen LogP contribution in [-0.4, -0.2) is 35.6 Å². The number of piperidine rings is 1. The summed E-state index contributed by atoms with van der Waals surface area (Å²) in [5.74, 6) is -0.142. The third-order valence-electron chi connectivity index (χ3n) is 4.67. The highest BCUT2D eigenvalue weighted by Crippen LogP contribution is 2.58. The van der Waals surface area contributed by atoms with Gasteiger partial charge in [-0.15, -0.1) is 0 Å². The maximum Gasteiger partial charge on any atom is 0.332 e. The lowest BCUT2D eigenvalue weighted by Crippen LogP contribution is -2.52. The molecule has 2 atom stereocenters. The smallest absolute Gasteiger partial charge is 0.332 e. The second kappa shape index (κ2) is 3.95. The van der Waals surface area contributed by atoms with E-state index in [1.807, 2.05) is 13.8 Å². The number of carbonyl (C=O) groups is 1. The third-order valence-corrected chi connectivity index (χ3v) is 4.67. The lowest BCUT2D eigenvalue weighted by molar-refractivity contribution is -0.146. The molecule has 0 bridgehead atoms. The van der Waals surface area contributed by atoms with Crippen molar-refractivity contribution in [2.75, 3.05) is 13.1 Å². The number of hydrogen-bond donors (Lipinski definition) is 0. The molecule has 98 valence electrons. The third kappa shape index (κ3) is 1.21. The van der Waals surface area contributed by atoms with Crippen molar-refractivity contribution in [1.82, 2.24) is 4.90 Å². The van der Waals surface area contributed by atoms with E-state index in [9.17, 15) is 4.79 Å². The summed E-state index contributed by atoms with van der Waals surface area (Å²) in [4.78, 5) is 14.0. The monoisotopic (exact) mass is 247 g/mol. The van der Waals surface area contributed by atoms with Crippen molar-refractivity contribution in [1.29, 1.82) is 0 Å². The number of fused-ring (bicyclic) bond motifs is 1. The van der Waals surface area contributed by atoms with E-state index in [0.29, 0.717) is 6.04 Å². The maximum atomic E-state index is 11.5. The summed E-state index contributed by atoms with van der Waals surface area (Å²) in [6.45, 7) is 8.30. The van der Waals surface area contributed by atoms with Crippen molar-refractivity contribution in [3.8, 4) is 0 Å². The molecule has 0 aromatic heterocycles. The summed E-state index contributed by atoms with van der Waals surface area (Å²) in [5, 5.41) is 0. The Hall–Kier alpha value is -1.09. The molecule has 1 unspecified atom stereocenters. The minimum atomic E-state index is -0.304. The molecule has 4 rings (SSSR count). The van der Waals surface area contributed by atoms with Gasteiger partial charge in [0.05, 0.1) is 6.04 Å². The van der Waals surface area contributed by atoms with Gasteiger partial charge in [0.2, 0.25) is 0 Å². The van der Waals surface area contributed by atoms with E-state index in [1.165, 1.54) is 36.0 Å². The molecule has 0 saturated carbocycles. The fourth-order valence-corrected chi connectivity index (χ4v) is 3.99. The number of carbonyl (C=O) groups excluding carboxylic acids is 1. The highest BCUT2D eigenvalue weighted by atomic mass is 16.6. The predicted molar refractivity (Wildman–Crippen MR) is 70.2 cm³/mol. The summed E-state index contributed by atoms with van der Waals surface area (Å²) >= 11 is 0. The first-order chi connectivity index (χ1) is 8.73. The second-order valence-corrected chi connectivity index (χ2v) is 5.30. The normalized spacial score (nSPS) is 36.7. The molecule has 0 aromatic carbocycles. The van der Waals surface area contributed by atoms with Crippen LogP contribution in [0.5, 0.6) is 0 Å². The van der Waals surface area contributed by atoms with Crippen molar-refractivity contribution < 1.29 is 9.53 Å². The Bertz CT molecular complexity index is 463. The number of hydrogen-bond acceptors (Lipinski definition) is 3. The first-order valence-electron chi connectivity index (χ1n) is 7.13. The van der Waals surface area contributed by atoms with E-state index in [-0.39, 0.29) is 11.6 Å². The van der Waals surface area contributed by atoms with E-state index in [0.717, 1.165) is 13.1 Å². The molecule has 0 aromatic rings. The molecule has 1 aliphatic carbocycles. The van der Waals surface area contributed by atoms with Crippen LogP contribution in [0.4, 0.5) is 0 Å². The highest BCUT2D eigenvalue weighted by Gasteiger charge is 2.65. The van der Waals surface area contributed by atoms with E-state index < -0.39 is 0 Å². The highest BCUT2D eigenvalue weighted by molar-refractivity contribution is 5.92.